The molecule has 0 N–H and O–H groups in total. The first-order valence-electron chi connectivity index (χ1n) is 8.25. The topological polar surface area (TPSA) is 43.4 Å². The molecule has 2 aromatic carbocycles. The van der Waals surface area contributed by atoms with Crippen LogP contribution in [0.5, 0.6) is 5.75 Å². The first kappa shape index (κ1) is 21.8. The number of Topliss-reactive ketones (excluding diaryl/α,β-unsaturated/α-hetero) is 2. The number of ether oxygens (including phenoxy) is 1. The van der Waals surface area contributed by atoms with Crippen molar-refractivity contribution in [1.29, 1.82) is 0 Å². The van der Waals surface area contributed by atoms with Gasteiger partial charge in [-0.05, 0) is 37.3 Å². The molecule has 0 aliphatic heterocycles. The minimum atomic E-state index is -0.728. The molecule has 140 valence electrons. The van der Waals surface area contributed by atoms with Gasteiger partial charge in [-0.25, -0.2) is 8.78 Å². The van der Waals surface area contributed by atoms with Crippen LogP contribution < -0.4 is 4.74 Å². The zero-order valence-electron chi connectivity index (χ0n) is 14.9. The highest BCUT2D eigenvalue weighted by Gasteiger charge is 2.15. The van der Waals surface area contributed by atoms with E-state index in [1.54, 1.807) is 6.07 Å². The summed E-state index contributed by atoms with van der Waals surface area (Å²) in [7, 11) is 0. The number of carbonyl (C=O) groups excluding carboxylic acids is 2. The Morgan fingerprint density at radius 2 is 1.73 bits per heavy atom. The van der Waals surface area contributed by atoms with Crippen LogP contribution in [-0.2, 0) is 11.4 Å². The quantitative estimate of drug-likeness (QED) is 0.570. The number of carbonyl (C=O) groups is 2. The zero-order valence-corrected chi connectivity index (χ0v) is 15.7. The largest absolute Gasteiger partial charge is 0.488 e. The van der Waals surface area contributed by atoms with Gasteiger partial charge < -0.3 is 9.53 Å². The number of hydrogen-bond acceptors (Lipinski definition) is 3. The highest BCUT2D eigenvalue weighted by molar-refractivity contribution is 6.31. The van der Waals surface area contributed by atoms with Gasteiger partial charge in [0.15, 0.2) is 5.78 Å². The molecule has 0 unspecified atom stereocenters. The summed E-state index contributed by atoms with van der Waals surface area (Å²) < 4.78 is 32.0. The van der Waals surface area contributed by atoms with Crippen molar-refractivity contribution in [2.75, 3.05) is 0 Å². The summed E-state index contributed by atoms with van der Waals surface area (Å²) in [6, 6.07) is 7.66. The zero-order chi connectivity index (χ0) is 19.7. The van der Waals surface area contributed by atoms with Crippen LogP contribution in [-0.4, -0.2) is 11.6 Å². The Kier molecular flexibility index (Phi) is 8.93. The first-order chi connectivity index (χ1) is 12.4. The third-order valence-electron chi connectivity index (χ3n) is 3.34. The van der Waals surface area contributed by atoms with E-state index in [1.807, 2.05) is 13.8 Å². The van der Waals surface area contributed by atoms with E-state index in [2.05, 4.69) is 0 Å². The molecule has 0 fully saturated rings. The second kappa shape index (κ2) is 10.7. The third kappa shape index (κ3) is 6.56. The molecule has 26 heavy (non-hydrogen) atoms. The molecule has 0 aliphatic carbocycles. The molecule has 2 rings (SSSR count). The van der Waals surface area contributed by atoms with E-state index in [4.69, 9.17) is 16.3 Å². The van der Waals surface area contributed by atoms with Crippen molar-refractivity contribution in [2.45, 2.75) is 40.2 Å². The fourth-order valence-electron chi connectivity index (χ4n) is 2.06. The van der Waals surface area contributed by atoms with Gasteiger partial charge in [-0.15, -0.1) is 0 Å². The van der Waals surface area contributed by atoms with E-state index in [0.717, 1.165) is 12.1 Å². The molecule has 0 amide bonds. The van der Waals surface area contributed by atoms with Crippen molar-refractivity contribution in [2.24, 2.45) is 0 Å². The molecule has 6 heteroatoms. The van der Waals surface area contributed by atoms with E-state index in [1.165, 1.54) is 25.1 Å². The number of halogens is 3. The van der Waals surface area contributed by atoms with Crippen LogP contribution in [0, 0.1) is 11.6 Å². The number of hydrogen-bond donors (Lipinski definition) is 0. The van der Waals surface area contributed by atoms with E-state index in [-0.39, 0.29) is 47.9 Å². The van der Waals surface area contributed by atoms with Crippen LogP contribution in [0.15, 0.2) is 36.4 Å². The summed E-state index contributed by atoms with van der Waals surface area (Å²) in [4.78, 5) is 23.3. The second-order valence-electron chi connectivity index (χ2n) is 5.29. The van der Waals surface area contributed by atoms with Crippen LogP contribution in [0.4, 0.5) is 8.78 Å². The van der Waals surface area contributed by atoms with E-state index < -0.39 is 11.6 Å². The normalized spacial score (nSPS) is 9.92. The summed E-state index contributed by atoms with van der Waals surface area (Å²) >= 11 is 5.91. The number of rotatable bonds is 7. The van der Waals surface area contributed by atoms with Crippen molar-refractivity contribution >= 4 is 23.2 Å². The highest BCUT2D eigenvalue weighted by Crippen LogP contribution is 2.26. The Hall–Kier alpha value is -2.27. The summed E-state index contributed by atoms with van der Waals surface area (Å²) in [6.45, 7) is 5.24. The summed E-state index contributed by atoms with van der Waals surface area (Å²) in [5, 5.41) is 0.349. The predicted octanol–water partition coefficient (Wildman–Crippen LogP) is 5.78. The van der Waals surface area contributed by atoms with Gasteiger partial charge in [-0.3, -0.25) is 4.79 Å². The van der Waals surface area contributed by atoms with Gasteiger partial charge in [-0.1, -0.05) is 25.4 Å². The van der Waals surface area contributed by atoms with Crippen molar-refractivity contribution < 1.29 is 23.1 Å². The van der Waals surface area contributed by atoms with Gasteiger partial charge >= 0.3 is 0 Å². The summed E-state index contributed by atoms with van der Waals surface area (Å²) in [6.07, 6.45) is 0.161. The third-order valence-corrected chi connectivity index (χ3v) is 3.58. The molecule has 0 spiro atoms. The fraction of sp³-hybridized carbons (Fsp3) is 0.300. The standard InChI is InChI=1S/C18H15ClF2O3.C2H6/c1-11(22)2-6-17(23)15-8-13(19)4-7-18(15)24-10-12-3-5-14(20)9-16(12)21;1-2/h3-5,7-9H,2,6,10H2,1H3;1-2H3. The molecule has 0 radical (unpaired) electrons. The maximum absolute atomic E-state index is 13.6. The molecule has 0 aliphatic rings. The minimum Gasteiger partial charge on any atom is -0.488 e. The molecule has 0 aromatic heterocycles. The maximum Gasteiger partial charge on any atom is 0.167 e. The molecular formula is C20H21ClF2O3. The molecular weight excluding hydrogens is 362 g/mol. The molecule has 0 bridgehead atoms. The second-order valence-corrected chi connectivity index (χ2v) is 5.73. The maximum atomic E-state index is 13.6. The molecule has 3 nitrogen and oxygen atoms in total. The number of ketones is 2. The number of benzene rings is 2. The van der Waals surface area contributed by atoms with E-state index >= 15 is 0 Å². The minimum absolute atomic E-state index is 0.0386. The van der Waals surface area contributed by atoms with Crippen molar-refractivity contribution in [3.8, 4) is 5.75 Å². The Bertz CT molecular complexity index is 776. The highest BCUT2D eigenvalue weighted by atomic mass is 35.5. The SMILES string of the molecule is CC.CC(=O)CCC(=O)c1cc(Cl)ccc1OCc1ccc(F)cc1F. The van der Waals surface area contributed by atoms with Crippen LogP contribution in [0.1, 0.15) is 49.5 Å². The average Bonchev–Trinajstić information content (AvgIpc) is 2.61. The van der Waals surface area contributed by atoms with Crippen molar-refractivity contribution in [3.63, 3.8) is 0 Å². The fourth-order valence-corrected chi connectivity index (χ4v) is 2.24. The lowest BCUT2D eigenvalue weighted by molar-refractivity contribution is -0.116. The lowest BCUT2D eigenvalue weighted by Gasteiger charge is -2.12. The molecule has 0 saturated heterocycles. The molecule has 0 heterocycles. The summed E-state index contributed by atoms with van der Waals surface area (Å²) in [5.74, 6) is -1.56. The first-order valence-corrected chi connectivity index (χ1v) is 8.63. The van der Waals surface area contributed by atoms with Gasteiger partial charge in [0.25, 0.3) is 0 Å². The van der Waals surface area contributed by atoms with Crippen molar-refractivity contribution in [1.82, 2.24) is 0 Å². The van der Waals surface area contributed by atoms with Gasteiger partial charge in [0.1, 0.15) is 29.8 Å². The van der Waals surface area contributed by atoms with Crippen LogP contribution >= 0.6 is 11.6 Å². The Morgan fingerprint density at radius 3 is 2.35 bits per heavy atom. The van der Waals surface area contributed by atoms with E-state index in [0.29, 0.717) is 5.02 Å². The smallest absolute Gasteiger partial charge is 0.167 e. The predicted molar refractivity (Wildman–Crippen MR) is 97.7 cm³/mol. The lowest BCUT2D eigenvalue weighted by Crippen LogP contribution is -2.07. The van der Waals surface area contributed by atoms with Gasteiger partial charge in [0, 0.05) is 29.5 Å². The Labute approximate surface area is 156 Å². The van der Waals surface area contributed by atoms with Gasteiger partial charge in [0.05, 0.1) is 5.56 Å². The average molecular weight is 383 g/mol. The van der Waals surface area contributed by atoms with Gasteiger partial charge in [-0.2, -0.15) is 0 Å². The monoisotopic (exact) mass is 382 g/mol. The van der Waals surface area contributed by atoms with Crippen LogP contribution in [0.2, 0.25) is 5.02 Å². The van der Waals surface area contributed by atoms with Crippen LogP contribution in [0.3, 0.4) is 0 Å². The molecule has 2 aromatic rings. The Balaban J connectivity index is 0.00000163. The summed E-state index contributed by atoms with van der Waals surface area (Å²) in [5.41, 5.74) is 0.389. The van der Waals surface area contributed by atoms with E-state index in [9.17, 15) is 18.4 Å². The lowest BCUT2D eigenvalue weighted by atomic mass is 10.0. The molecule has 0 atom stereocenters. The van der Waals surface area contributed by atoms with Crippen LogP contribution in [0.25, 0.3) is 0 Å². The van der Waals surface area contributed by atoms with Gasteiger partial charge in [0.2, 0.25) is 0 Å². The molecule has 0 saturated carbocycles. The van der Waals surface area contributed by atoms with Crippen molar-refractivity contribution in [3.05, 3.63) is 64.2 Å². The Morgan fingerprint density at radius 1 is 1.04 bits per heavy atom.